The Bertz CT molecular complexity index is 1110. The van der Waals surface area contributed by atoms with Crippen molar-refractivity contribution in [2.75, 3.05) is 42.3 Å². The smallest absolute Gasteiger partial charge is 0.326 e. The van der Waals surface area contributed by atoms with Crippen molar-refractivity contribution in [1.29, 1.82) is 0 Å². The summed E-state index contributed by atoms with van der Waals surface area (Å²) in [6, 6.07) is 10.9. The molecule has 2 aromatic rings. The van der Waals surface area contributed by atoms with Crippen LogP contribution in [0.1, 0.15) is 19.3 Å². The highest BCUT2D eigenvalue weighted by Crippen LogP contribution is 2.34. The lowest BCUT2D eigenvalue weighted by atomic mass is 10.2. The Morgan fingerprint density at radius 1 is 1.10 bits per heavy atom. The van der Waals surface area contributed by atoms with E-state index in [4.69, 9.17) is 4.74 Å². The molecule has 0 saturated carbocycles. The van der Waals surface area contributed by atoms with Crippen LogP contribution in [0, 0.1) is 0 Å². The van der Waals surface area contributed by atoms with Gasteiger partial charge in [-0.1, -0.05) is 18.6 Å². The second kappa shape index (κ2) is 8.56. The van der Waals surface area contributed by atoms with Crippen molar-refractivity contribution in [3.63, 3.8) is 0 Å². The molecule has 0 unspecified atom stereocenters. The summed E-state index contributed by atoms with van der Waals surface area (Å²) in [6.45, 7) is 0.782. The number of piperidine rings is 1. The summed E-state index contributed by atoms with van der Waals surface area (Å²) in [7, 11) is -2.16. The van der Waals surface area contributed by atoms with Gasteiger partial charge in [-0.3, -0.25) is 9.69 Å². The summed E-state index contributed by atoms with van der Waals surface area (Å²) in [4.78, 5) is 26.6. The Hall–Kier alpha value is -3.11. The van der Waals surface area contributed by atoms with E-state index >= 15 is 0 Å². The van der Waals surface area contributed by atoms with E-state index < -0.39 is 22.0 Å². The van der Waals surface area contributed by atoms with Gasteiger partial charge < -0.3 is 15.4 Å². The molecule has 0 aromatic heterocycles. The van der Waals surface area contributed by atoms with Crippen LogP contribution in [0.5, 0.6) is 5.75 Å². The lowest BCUT2D eigenvalue weighted by Crippen LogP contribution is -2.44. The highest BCUT2D eigenvalue weighted by atomic mass is 32.2. The normalized spacial score (nSPS) is 16.9. The number of benzene rings is 2. The summed E-state index contributed by atoms with van der Waals surface area (Å²) in [5.41, 5.74) is 1.17. The maximum absolute atomic E-state index is 13.0. The summed E-state index contributed by atoms with van der Waals surface area (Å²) in [5, 5.41) is 5.42. The van der Waals surface area contributed by atoms with Gasteiger partial charge in [0.15, 0.2) is 0 Å². The van der Waals surface area contributed by atoms with Crippen molar-refractivity contribution in [3.8, 4) is 5.75 Å². The standard InChI is InChI=1S/C21H24N4O5S/c1-30-19-8-4-3-7-16(19)23-21(27)25-14-20(26)22-17-13-15(9-10-18(17)25)31(28,29)24-11-5-2-6-12-24/h3-4,7-10,13H,2,5-6,11-12,14H2,1H3,(H,22,26)(H,23,27). The average molecular weight is 445 g/mol. The first-order chi connectivity index (χ1) is 14.9. The molecule has 2 aliphatic heterocycles. The Labute approximate surface area is 181 Å². The summed E-state index contributed by atoms with van der Waals surface area (Å²) >= 11 is 0. The molecule has 1 saturated heterocycles. The second-order valence-electron chi connectivity index (χ2n) is 7.41. The van der Waals surface area contributed by atoms with Crippen LogP contribution in [0.4, 0.5) is 21.9 Å². The average Bonchev–Trinajstić information content (AvgIpc) is 2.79. The number of rotatable bonds is 4. The number of ether oxygens (including phenoxy) is 1. The molecular weight excluding hydrogens is 420 g/mol. The van der Waals surface area contributed by atoms with Crippen molar-refractivity contribution < 1.29 is 22.7 Å². The molecule has 1 fully saturated rings. The van der Waals surface area contributed by atoms with Gasteiger partial charge in [0.2, 0.25) is 15.9 Å². The molecule has 2 N–H and O–H groups in total. The molecule has 0 atom stereocenters. The third-order valence-electron chi connectivity index (χ3n) is 5.38. The lowest BCUT2D eigenvalue weighted by molar-refractivity contribution is -0.115. The van der Waals surface area contributed by atoms with Crippen molar-refractivity contribution in [2.24, 2.45) is 0 Å². The molecule has 2 aliphatic rings. The minimum absolute atomic E-state index is 0.0976. The van der Waals surface area contributed by atoms with E-state index in [0.29, 0.717) is 30.2 Å². The van der Waals surface area contributed by atoms with E-state index in [2.05, 4.69) is 10.6 Å². The first kappa shape index (κ1) is 21.1. The summed E-state index contributed by atoms with van der Waals surface area (Å²) in [6.07, 6.45) is 2.68. The van der Waals surface area contributed by atoms with Crippen molar-refractivity contribution in [2.45, 2.75) is 24.2 Å². The van der Waals surface area contributed by atoms with Gasteiger partial charge in [-0.05, 0) is 43.2 Å². The molecule has 4 rings (SSSR count). The van der Waals surface area contributed by atoms with E-state index in [1.165, 1.54) is 28.4 Å². The van der Waals surface area contributed by atoms with Crippen molar-refractivity contribution >= 4 is 39.0 Å². The van der Waals surface area contributed by atoms with E-state index in [9.17, 15) is 18.0 Å². The quantitative estimate of drug-likeness (QED) is 0.754. The van der Waals surface area contributed by atoms with Crippen LogP contribution in [0.25, 0.3) is 0 Å². The zero-order chi connectivity index (χ0) is 22.0. The maximum Gasteiger partial charge on any atom is 0.326 e. The monoisotopic (exact) mass is 444 g/mol. The van der Waals surface area contributed by atoms with E-state index in [0.717, 1.165) is 19.3 Å². The van der Waals surface area contributed by atoms with Gasteiger partial charge in [0.25, 0.3) is 0 Å². The maximum atomic E-state index is 13.0. The van der Waals surface area contributed by atoms with Crippen LogP contribution in [-0.2, 0) is 14.8 Å². The molecule has 9 nitrogen and oxygen atoms in total. The van der Waals surface area contributed by atoms with Gasteiger partial charge in [-0.2, -0.15) is 4.31 Å². The van der Waals surface area contributed by atoms with Crippen molar-refractivity contribution in [1.82, 2.24) is 4.31 Å². The number of fused-ring (bicyclic) bond motifs is 1. The number of nitrogens with one attached hydrogen (secondary N) is 2. The summed E-state index contributed by atoms with van der Waals surface area (Å²) in [5.74, 6) is 0.0794. The predicted molar refractivity (Wildman–Crippen MR) is 117 cm³/mol. The topological polar surface area (TPSA) is 108 Å². The zero-order valence-electron chi connectivity index (χ0n) is 17.1. The molecule has 0 aliphatic carbocycles. The number of nitrogens with zero attached hydrogens (tertiary/aromatic N) is 2. The SMILES string of the molecule is COc1ccccc1NC(=O)N1CC(=O)Nc2cc(S(=O)(=O)N3CCCCC3)ccc21. The minimum atomic E-state index is -3.66. The minimum Gasteiger partial charge on any atom is -0.495 e. The Morgan fingerprint density at radius 2 is 1.84 bits per heavy atom. The molecule has 31 heavy (non-hydrogen) atoms. The third kappa shape index (κ3) is 4.21. The molecular formula is C21H24N4O5S. The Morgan fingerprint density at radius 3 is 2.58 bits per heavy atom. The van der Waals surface area contributed by atoms with Crippen LogP contribution in [0.3, 0.4) is 0 Å². The molecule has 164 valence electrons. The first-order valence-corrected chi connectivity index (χ1v) is 11.5. The number of hydrogen-bond acceptors (Lipinski definition) is 5. The molecule has 0 spiro atoms. The van der Waals surface area contributed by atoms with Gasteiger partial charge in [-0.15, -0.1) is 0 Å². The third-order valence-corrected chi connectivity index (χ3v) is 7.28. The van der Waals surface area contributed by atoms with Crippen LogP contribution >= 0.6 is 0 Å². The van der Waals surface area contributed by atoms with E-state index in [1.807, 2.05) is 0 Å². The van der Waals surface area contributed by atoms with Crippen LogP contribution in [0.2, 0.25) is 0 Å². The fourth-order valence-corrected chi connectivity index (χ4v) is 5.34. The number of sulfonamides is 1. The fraction of sp³-hybridized carbons (Fsp3) is 0.333. The zero-order valence-corrected chi connectivity index (χ0v) is 17.9. The number of anilines is 3. The van der Waals surface area contributed by atoms with Crippen LogP contribution < -0.4 is 20.3 Å². The predicted octanol–water partition coefficient (Wildman–Crippen LogP) is 2.86. The van der Waals surface area contributed by atoms with E-state index in [-0.39, 0.29) is 17.1 Å². The van der Waals surface area contributed by atoms with Gasteiger partial charge in [0.05, 0.1) is 29.1 Å². The number of methoxy groups -OCH3 is 1. The number of carbonyl (C=O) groups excluding carboxylic acids is 2. The fourth-order valence-electron chi connectivity index (χ4n) is 3.80. The highest BCUT2D eigenvalue weighted by molar-refractivity contribution is 7.89. The molecule has 3 amide bonds. The van der Waals surface area contributed by atoms with Crippen LogP contribution in [-0.4, -0.2) is 51.4 Å². The molecule has 10 heteroatoms. The van der Waals surface area contributed by atoms with E-state index in [1.54, 1.807) is 30.3 Å². The second-order valence-corrected chi connectivity index (χ2v) is 9.35. The number of amides is 3. The van der Waals surface area contributed by atoms with Crippen molar-refractivity contribution in [3.05, 3.63) is 42.5 Å². The lowest BCUT2D eigenvalue weighted by Gasteiger charge is -2.30. The number of hydrogen-bond donors (Lipinski definition) is 2. The highest BCUT2D eigenvalue weighted by Gasteiger charge is 2.31. The Balaban J connectivity index is 1.62. The first-order valence-electron chi connectivity index (χ1n) is 10.1. The van der Waals surface area contributed by atoms with Crippen LogP contribution in [0.15, 0.2) is 47.4 Å². The molecule has 0 bridgehead atoms. The largest absolute Gasteiger partial charge is 0.495 e. The summed E-state index contributed by atoms with van der Waals surface area (Å²) < 4.78 is 32.7. The van der Waals surface area contributed by atoms with Gasteiger partial charge in [0, 0.05) is 13.1 Å². The van der Waals surface area contributed by atoms with Gasteiger partial charge >= 0.3 is 6.03 Å². The Kier molecular flexibility index (Phi) is 5.84. The molecule has 2 heterocycles. The van der Waals surface area contributed by atoms with Gasteiger partial charge in [-0.25, -0.2) is 13.2 Å². The number of para-hydroxylation sites is 2. The molecule has 0 radical (unpaired) electrons. The molecule has 2 aromatic carbocycles. The number of carbonyl (C=O) groups is 2. The number of urea groups is 1. The van der Waals surface area contributed by atoms with Gasteiger partial charge in [0.1, 0.15) is 12.3 Å².